The van der Waals surface area contributed by atoms with E-state index in [0.717, 1.165) is 25.9 Å². The van der Waals surface area contributed by atoms with Crippen molar-refractivity contribution < 1.29 is 14.4 Å². The van der Waals surface area contributed by atoms with Gasteiger partial charge in [-0.15, -0.1) is 0 Å². The first-order chi connectivity index (χ1) is 11.1. The minimum Gasteiger partial charge on any atom is -0.354 e. The summed E-state index contributed by atoms with van der Waals surface area (Å²) < 4.78 is 0. The zero-order valence-corrected chi connectivity index (χ0v) is 13.6. The Bertz CT molecular complexity index is 586. The first-order valence-electron chi connectivity index (χ1n) is 7.64. The predicted molar refractivity (Wildman–Crippen MR) is 87.2 cm³/mol. The number of hydrogen-bond donors (Lipinski definition) is 2. The monoisotopic (exact) mass is 337 g/mol. The number of nitrogens with zero attached hydrogens (tertiary/aromatic N) is 1. The number of halogens is 1. The summed E-state index contributed by atoms with van der Waals surface area (Å²) in [6.45, 7) is 1.76. The van der Waals surface area contributed by atoms with Gasteiger partial charge in [0.05, 0.1) is 6.54 Å². The van der Waals surface area contributed by atoms with Crippen molar-refractivity contribution in [3.8, 4) is 0 Å². The number of carbonyl (C=O) groups excluding carboxylic acids is 3. The molecule has 0 aromatic heterocycles. The van der Waals surface area contributed by atoms with Gasteiger partial charge in [-0.25, -0.2) is 0 Å². The molecular formula is C16H20ClN3O3. The van der Waals surface area contributed by atoms with E-state index in [1.807, 2.05) is 4.90 Å². The Morgan fingerprint density at radius 1 is 1.13 bits per heavy atom. The summed E-state index contributed by atoms with van der Waals surface area (Å²) in [5.41, 5.74) is 0.398. The van der Waals surface area contributed by atoms with Crippen LogP contribution in [0.4, 0.5) is 0 Å². The Balaban J connectivity index is 1.65. The van der Waals surface area contributed by atoms with E-state index in [4.69, 9.17) is 11.6 Å². The fourth-order valence-corrected chi connectivity index (χ4v) is 2.58. The molecule has 0 aliphatic carbocycles. The molecule has 7 heteroatoms. The maximum atomic E-state index is 11.8. The molecule has 1 aromatic rings. The molecule has 0 bridgehead atoms. The molecule has 0 unspecified atom stereocenters. The summed E-state index contributed by atoms with van der Waals surface area (Å²) in [6.07, 6.45) is 2.38. The molecule has 2 N–H and O–H groups in total. The number of carbonyl (C=O) groups is 3. The molecule has 1 fully saturated rings. The minimum absolute atomic E-state index is 0.0609. The Kier molecular flexibility index (Phi) is 6.40. The number of benzene rings is 1. The molecule has 0 saturated carbocycles. The molecule has 23 heavy (non-hydrogen) atoms. The molecule has 0 radical (unpaired) electrons. The highest BCUT2D eigenvalue weighted by molar-refractivity contribution is 6.30. The molecule has 1 aliphatic heterocycles. The van der Waals surface area contributed by atoms with E-state index >= 15 is 0 Å². The van der Waals surface area contributed by atoms with Crippen molar-refractivity contribution in [2.24, 2.45) is 0 Å². The van der Waals surface area contributed by atoms with E-state index in [2.05, 4.69) is 10.6 Å². The Hall–Kier alpha value is -2.08. The van der Waals surface area contributed by atoms with Gasteiger partial charge < -0.3 is 15.5 Å². The summed E-state index contributed by atoms with van der Waals surface area (Å²) >= 11 is 5.81. The number of amides is 3. The lowest BCUT2D eigenvalue weighted by Crippen LogP contribution is -2.38. The van der Waals surface area contributed by atoms with E-state index in [9.17, 15) is 14.4 Å². The number of hydrogen-bond acceptors (Lipinski definition) is 3. The van der Waals surface area contributed by atoms with Crippen LogP contribution in [0.3, 0.4) is 0 Å². The quantitative estimate of drug-likeness (QED) is 0.818. The lowest BCUT2D eigenvalue weighted by atomic mass is 10.2. The van der Waals surface area contributed by atoms with Crippen molar-refractivity contribution in [2.45, 2.75) is 19.3 Å². The van der Waals surface area contributed by atoms with Gasteiger partial charge >= 0.3 is 0 Å². The summed E-state index contributed by atoms with van der Waals surface area (Å²) in [5.74, 6) is -0.629. The molecule has 1 heterocycles. The number of rotatable bonds is 6. The van der Waals surface area contributed by atoms with Crippen molar-refractivity contribution in [2.75, 3.05) is 26.2 Å². The van der Waals surface area contributed by atoms with Crippen LogP contribution in [0.2, 0.25) is 5.02 Å². The molecule has 3 amide bonds. The van der Waals surface area contributed by atoms with Crippen LogP contribution in [0.5, 0.6) is 0 Å². The minimum atomic E-state index is -0.365. The van der Waals surface area contributed by atoms with Gasteiger partial charge in [0, 0.05) is 36.6 Å². The largest absolute Gasteiger partial charge is 0.354 e. The van der Waals surface area contributed by atoms with Gasteiger partial charge in [-0.1, -0.05) is 17.7 Å². The van der Waals surface area contributed by atoms with Gasteiger partial charge in [0.25, 0.3) is 5.91 Å². The Morgan fingerprint density at radius 2 is 1.87 bits per heavy atom. The highest BCUT2D eigenvalue weighted by Crippen LogP contribution is 2.10. The second-order valence-electron chi connectivity index (χ2n) is 5.38. The first kappa shape index (κ1) is 17.3. The van der Waals surface area contributed by atoms with Crippen molar-refractivity contribution in [3.63, 3.8) is 0 Å². The maximum Gasteiger partial charge on any atom is 0.251 e. The molecule has 6 nitrogen and oxygen atoms in total. The highest BCUT2D eigenvalue weighted by Gasteiger charge is 2.17. The van der Waals surface area contributed by atoms with Gasteiger partial charge in [0.1, 0.15) is 0 Å². The molecular weight excluding hydrogens is 318 g/mol. The van der Waals surface area contributed by atoms with Crippen LogP contribution in [0.15, 0.2) is 24.3 Å². The van der Waals surface area contributed by atoms with E-state index in [1.165, 1.54) is 6.07 Å². The fraction of sp³-hybridized carbons (Fsp3) is 0.438. The maximum absolute atomic E-state index is 11.8. The van der Waals surface area contributed by atoms with Crippen LogP contribution >= 0.6 is 11.6 Å². The third-order valence-electron chi connectivity index (χ3n) is 3.62. The fourth-order valence-electron chi connectivity index (χ4n) is 2.39. The zero-order chi connectivity index (χ0) is 16.7. The van der Waals surface area contributed by atoms with Crippen LogP contribution < -0.4 is 10.6 Å². The highest BCUT2D eigenvalue weighted by atomic mass is 35.5. The van der Waals surface area contributed by atoms with Crippen LogP contribution in [-0.2, 0) is 9.59 Å². The molecule has 0 atom stereocenters. The average Bonchev–Trinajstić information content (AvgIpc) is 3.07. The topological polar surface area (TPSA) is 78.5 Å². The lowest BCUT2D eigenvalue weighted by Gasteiger charge is -2.15. The predicted octanol–water partition coefficient (Wildman–Crippen LogP) is 1.20. The summed E-state index contributed by atoms with van der Waals surface area (Å²) in [7, 11) is 0. The van der Waals surface area contributed by atoms with E-state index < -0.39 is 0 Å². The van der Waals surface area contributed by atoms with Crippen molar-refractivity contribution >= 4 is 29.3 Å². The lowest BCUT2D eigenvalue weighted by molar-refractivity contribution is -0.130. The SMILES string of the molecule is O=C(CNC(=O)c1cccc(Cl)c1)NCCC(=O)N1CCCC1. The van der Waals surface area contributed by atoms with Crippen LogP contribution in [0.25, 0.3) is 0 Å². The first-order valence-corrected chi connectivity index (χ1v) is 8.02. The van der Waals surface area contributed by atoms with E-state index in [1.54, 1.807) is 18.2 Å². The number of nitrogens with one attached hydrogen (secondary N) is 2. The summed E-state index contributed by atoms with van der Waals surface area (Å²) in [5, 5.41) is 5.60. The second-order valence-corrected chi connectivity index (χ2v) is 5.82. The smallest absolute Gasteiger partial charge is 0.251 e. The van der Waals surface area contributed by atoms with Crippen LogP contribution in [0, 0.1) is 0 Å². The van der Waals surface area contributed by atoms with Crippen molar-refractivity contribution in [1.82, 2.24) is 15.5 Å². The van der Waals surface area contributed by atoms with Crippen LogP contribution in [0.1, 0.15) is 29.6 Å². The third kappa shape index (κ3) is 5.56. The van der Waals surface area contributed by atoms with Crippen molar-refractivity contribution in [1.29, 1.82) is 0 Å². The Morgan fingerprint density at radius 3 is 2.57 bits per heavy atom. The standard InChI is InChI=1S/C16H20ClN3O3/c17-13-5-3-4-12(10-13)16(23)19-11-14(21)18-7-6-15(22)20-8-1-2-9-20/h3-5,10H,1-2,6-9,11H2,(H,18,21)(H,19,23). The van der Waals surface area contributed by atoms with E-state index in [-0.39, 0.29) is 37.2 Å². The average molecular weight is 338 g/mol. The zero-order valence-electron chi connectivity index (χ0n) is 12.8. The second kappa shape index (κ2) is 8.53. The van der Waals surface area contributed by atoms with Gasteiger partial charge in [-0.05, 0) is 31.0 Å². The van der Waals surface area contributed by atoms with Gasteiger partial charge in [0.15, 0.2) is 0 Å². The van der Waals surface area contributed by atoms with Gasteiger partial charge in [-0.2, -0.15) is 0 Å². The van der Waals surface area contributed by atoms with Crippen LogP contribution in [-0.4, -0.2) is 48.8 Å². The van der Waals surface area contributed by atoms with Gasteiger partial charge in [0.2, 0.25) is 11.8 Å². The molecule has 1 aromatic carbocycles. The molecule has 2 rings (SSSR count). The van der Waals surface area contributed by atoms with E-state index in [0.29, 0.717) is 10.6 Å². The molecule has 1 aliphatic rings. The third-order valence-corrected chi connectivity index (χ3v) is 3.85. The molecule has 124 valence electrons. The van der Waals surface area contributed by atoms with Gasteiger partial charge in [-0.3, -0.25) is 14.4 Å². The number of likely N-dealkylation sites (tertiary alicyclic amines) is 1. The molecule has 0 spiro atoms. The summed E-state index contributed by atoms with van der Waals surface area (Å²) in [6, 6.07) is 6.49. The molecule has 1 saturated heterocycles. The Labute approximate surface area is 140 Å². The summed E-state index contributed by atoms with van der Waals surface area (Å²) in [4.78, 5) is 37.1. The van der Waals surface area contributed by atoms with Crippen molar-refractivity contribution in [3.05, 3.63) is 34.9 Å². The normalized spacial score (nSPS) is 13.7.